The fourth-order valence-electron chi connectivity index (χ4n) is 1.73. The van der Waals surface area contributed by atoms with Gasteiger partial charge in [-0.3, -0.25) is 0 Å². The summed E-state index contributed by atoms with van der Waals surface area (Å²) in [5, 5.41) is 18.8. The Hall–Kier alpha value is -2.42. The summed E-state index contributed by atoms with van der Waals surface area (Å²) < 4.78 is 5.37. The number of aromatic hydroxyl groups is 2. The molecule has 0 heterocycles. The van der Waals surface area contributed by atoms with Crippen LogP contribution in [0.15, 0.2) is 42.5 Å². The third kappa shape index (κ3) is 3.78. The minimum absolute atomic E-state index is 0.177. The van der Waals surface area contributed by atoms with Crippen molar-refractivity contribution in [2.75, 3.05) is 6.61 Å². The number of ether oxygens (including phenoxy) is 1. The van der Waals surface area contributed by atoms with Crippen LogP contribution in [0.25, 0.3) is 12.2 Å². The molecule has 0 aliphatic carbocycles. The Balaban J connectivity index is 2.20. The van der Waals surface area contributed by atoms with Crippen LogP contribution < -0.4 is 4.74 Å². The summed E-state index contributed by atoms with van der Waals surface area (Å²) >= 11 is 0. The zero-order valence-corrected chi connectivity index (χ0v) is 10.7. The maximum atomic E-state index is 9.61. The smallest absolute Gasteiger partial charge is 0.123 e. The van der Waals surface area contributed by atoms with Gasteiger partial charge < -0.3 is 14.9 Å². The molecular weight excluding hydrogens is 240 g/mol. The first-order valence-corrected chi connectivity index (χ1v) is 6.11. The Morgan fingerprint density at radius 3 is 2.26 bits per heavy atom. The summed E-state index contributed by atoms with van der Waals surface area (Å²) in [5.41, 5.74) is 1.83. The summed E-state index contributed by atoms with van der Waals surface area (Å²) in [4.78, 5) is 0. The van der Waals surface area contributed by atoms with Gasteiger partial charge in [-0.05, 0) is 42.3 Å². The van der Waals surface area contributed by atoms with Crippen molar-refractivity contribution in [3.05, 3.63) is 53.6 Å². The van der Waals surface area contributed by atoms with Crippen LogP contribution in [0.2, 0.25) is 0 Å². The highest BCUT2D eigenvalue weighted by molar-refractivity contribution is 5.71. The molecule has 0 amide bonds. The molecule has 19 heavy (non-hydrogen) atoms. The molecule has 0 atom stereocenters. The summed E-state index contributed by atoms with van der Waals surface area (Å²) in [6.45, 7) is 2.46. The highest BCUT2D eigenvalue weighted by Crippen LogP contribution is 2.23. The van der Waals surface area contributed by atoms with Gasteiger partial charge in [-0.2, -0.15) is 0 Å². The Morgan fingerprint density at radius 1 is 0.895 bits per heavy atom. The molecule has 2 rings (SSSR count). The van der Waals surface area contributed by atoms with Crippen molar-refractivity contribution in [3.8, 4) is 17.2 Å². The maximum absolute atomic E-state index is 9.61. The van der Waals surface area contributed by atoms with E-state index in [1.54, 1.807) is 24.3 Å². The molecular formula is C16H16O3. The molecule has 0 aromatic heterocycles. The number of phenols is 2. The molecule has 0 bridgehead atoms. The largest absolute Gasteiger partial charge is 0.508 e. The van der Waals surface area contributed by atoms with E-state index >= 15 is 0 Å². The average molecular weight is 256 g/mol. The first-order chi connectivity index (χ1) is 9.17. The van der Waals surface area contributed by atoms with Crippen LogP contribution >= 0.6 is 0 Å². The second kappa shape index (κ2) is 5.96. The third-order valence-corrected chi connectivity index (χ3v) is 2.59. The lowest BCUT2D eigenvalue weighted by atomic mass is 10.1. The topological polar surface area (TPSA) is 49.7 Å². The van der Waals surface area contributed by atoms with Gasteiger partial charge in [0.1, 0.15) is 17.2 Å². The van der Waals surface area contributed by atoms with Gasteiger partial charge in [0.05, 0.1) is 6.61 Å². The van der Waals surface area contributed by atoms with Crippen LogP contribution in [-0.2, 0) is 0 Å². The molecule has 0 fully saturated rings. The molecule has 3 nitrogen and oxygen atoms in total. The monoisotopic (exact) mass is 256 g/mol. The van der Waals surface area contributed by atoms with E-state index in [1.807, 2.05) is 37.3 Å². The lowest BCUT2D eigenvalue weighted by Crippen LogP contribution is -1.91. The van der Waals surface area contributed by atoms with Crippen LogP contribution in [0.5, 0.6) is 17.2 Å². The van der Waals surface area contributed by atoms with Crippen LogP contribution in [0, 0.1) is 0 Å². The molecule has 2 aromatic carbocycles. The van der Waals surface area contributed by atoms with E-state index in [4.69, 9.17) is 4.74 Å². The van der Waals surface area contributed by atoms with E-state index in [0.717, 1.165) is 11.1 Å². The van der Waals surface area contributed by atoms with Crippen LogP contribution in [-0.4, -0.2) is 16.8 Å². The van der Waals surface area contributed by atoms with E-state index in [0.29, 0.717) is 12.4 Å². The van der Waals surface area contributed by atoms with Crippen molar-refractivity contribution < 1.29 is 14.9 Å². The zero-order chi connectivity index (χ0) is 13.7. The molecule has 0 saturated carbocycles. The van der Waals surface area contributed by atoms with Gasteiger partial charge in [-0.1, -0.05) is 24.3 Å². The summed E-state index contributed by atoms with van der Waals surface area (Å²) in [6.07, 6.45) is 3.79. The van der Waals surface area contributed by atoms with Gasteiger partial charge in [-0.25, -0.2) is 0 Å². The number of hydrogen-bond donors (Lipinski definition) is 2. The SMILES string of the molecule is CCOc1cc(O)cc(/C=C/c2ccc(O)cc2)c1. The van der Waals surface area contributed by atoms with Gasteiger partial charge in [0.25, 0.3) is 0 Å². The minimum atomic E-state index is 0.177. The quantitative estimate of drug-likeness (QED) is 0.821. The molecule has 3 heteroatoms. The predicted octanol–water partition coefficient (Wildman–Crippen LogP) is 3.67. The Kier molecular flexibility index (Phi) is 4.08. The second-order valence-corrected chi connectivity index (χ2v) is 4.12. The first-order valence-electron chi connectivity index (χ1n) is 6.11. The van der Waals surface area contributed by atoms with E-state index in [1.165, 1.54) is 0 Å². The van der Waals surface area contributed by atoms with Crippen molar-refractivity contribution >= 4 is 12.2 Å². The molecule has 0 spiro atoms. The standard InChI is InChI=1S/C16H16O3/c1-2-19-16-10-13(9-15(18)11-16)4-3-12-5-7-14(17)8-6-12/h3-11,17-18H,2H2,1H3/b4-3+. The number of benzene rings is 2. The van der Waals surface area contributed by atoms with E-state index in [9.17, 15) is 10.2 Å². The number of rotatable bonds is 4. The summed E-state index contributed by atoms with van der Waals surface area (Å²) in [5.74, 6) is 1.07. The van der Waals surface area contributed by atoms with Gasteiger partial charge in [-0.15, -0.1) is 0 Å². The van der Waals surface area contributed by atoms with E-state index < -0.39 is 0 Å². The van der Waals surface area contributed by atoms with Gasteiger partial charge in [0.2, 0.25) is 0 Å². The molecule has 2 aromatic rings. The fraction of sp³-hybridized carbons (Fsp3) is 0.125. The van der Waals surface area contributed by atoms with Gasteiger partial charge >= 0.3 is 0 Å². The zero-order valence-electron chi connectivity index (χ0n) is 10.7. The van der Waals surface area contributed by atoms with Crippen LogP contribution in [0.1, 0.15) is 18.1 Å². The Labute approximate surface area is 112 Å². The van der Waals surface area contributed by atoms with Crippen molar-refractivity contribution in [1.82, 2.24) is 0 Å². The van der Waals surface area contributed by atoms with Crippen LogP contribution in [0.3, 0.4) is 0 Å². The Bertz CT molecular complexity index is 571. The lowest BCUT2D eigenvalue weighted by molar-refractivity contribution is 0.337. The normalized spacial score (nSPS) is 10.8. The summed E-state index contributed by atoms with van der Waals surface area (Å²) in [6, 6.07) is 12.0. The fourth-order valence-corrected chi connectivity index (χ4v) is 1.73. The third-order valence-electron chi connectivity index (χ3n) is 2.59. The molecule has 0 aliphatic heterocycles. The van der Waals surface area contributed by atoms with Crippen molar-refractivity contribution in [3.63, 3.8) is 0 Å². The van der Waals surface area contributed by atoms with Gasteiger partial charge in [0, 0.05) is 6.07 Å². The molecule has 0 radical (unpaired) electrons. The molecule has 0 aliphatic rings. The van der Waals surface area contributed by atoms with Crippen LogP contribution in [0.4, 0.5) is 0 Å². The highest BCUT2D eigenvalue weighted by atomic mass is 16.5. The van der Waals surface area contributed by atoms with Crippen molar-refractivity contribution in [2.24, 2.45) is 0 Å². The second-order valence-electron chi connectivity index (χ2n) is 4.12. The maximum Gasteiger partial charge on any atom is 0.123 e. The minimum Gasteiger partial charge on any atom is -0.508 e. The van der Waals surface area contributed by atoms with Crippen molar-refractivity contribution in [2.45, 2.75) is 6.92 Å². The molecule has 98 valence electrons. The average Bonchev–Trinajstić information content (AvgIpc) is 2.38. The molecule has 2 N–H and O–H groups in total. The summed E-state index contributed by atoms with van der Waals surface area (Å²) in [7, 11) is 0. The van der Waals surface area contributed by atoms with Crippen molar-refractivity contribution in [1.29, 1.82) is 0 Å². The number of hydrogen-bond acceptors (Lipinski definition) is 3. The Morgan fingerprint density at radius 2 is 1.58 bits per heavy atom. The predicted molar refractivity (Wildman–Crippen MR) is 76.3 cm³/mol. The first kappa shape index (κ1) is 13.0. The van der Waals surface area contributed by atoms with E-state index in [-0.39, 0.29) is 11.5 Å². The van der Waals surface area contributed by atoms with Gasteiger partial charge in [0.15, 0.2) is 0 Å². The number of phenolic OH excluding ortho intramolecular Hbond substituents is 2. The molecule has 0 saturated heterocycles. The highest BCUT2D eigenvalue weighted by Gasteiger charge is 1.98. The lowest BCUT2D eigenvalue weighted by Gasteiger charge is -2.05. The molecule has 0 unspecified atom stereocenters. The van der Waals surface area contributed by atoms with E-state index in [2.05, 4.69) is 0 Å².